The molecule has 0 aliphatic rings. The second-order valence-electron chi connectivity index (χ2n) is 4.16. The maximum atomic E-state index is 12.0. The summed E-state index contributed by atoms with van der Waals surface area (Å²) in [7, 11) is 0. The van der Waals surface area contributed by atoms with Crippen LogP contribution in [0.15, 0.2) is 24.3 Å². The lowest BCUT2D eigenvalue weighted by Crippen LogP contribution is -2.30. The highest BCUT2D eigenvalue weighted by molar-refractivity contribution is 5.77. The number of carbonyl (C=O) groups excluding carboxylic acids is 1. The van der Waals surface area contributed by atoms with Gasteiger partial charge in [0.25, 0.3) is 0 Å². The van der Waals surface area contributed by atoms with Crippen LogP contribution in [0, 0.1) is 11.8 Å². The van der Waals surface area contributed by atoms with Crippen LogP contribution in [0.1, 0.15) is 30.5 Å². The highest BCUT2D eigenvalue weighted by Gasteiger charge is 2.31. The number of benzene rings is 1. The predicted molar refractivity (Wildman–Crippen MR) is 67.6 cm³/mol. The minimum Gasteiger partial charge on any atom is -0.384 e. The first-order valence-corrected chi connectivity index (χ1v) is 5.87. The van der Waals surface area contributed by atoms with Crippen LogP contribution in [0.3, 0.4) is 0 Å². The Morgan fingerprint density at radius 2 is 1.95 bits per heavy atom. The smallest absolute Gasteiger partial charge is 0.384 e. The summed E-state index contributed by atoms with van der Waals surface area (Å²) in [5.41, 5.74) is 1.35. The van der Waals surface area contributed by atoms with Gasteiger partial charge < -0.3 is 10.4 Å². The van der Waals surface area contributed by atoms with Crippen molar-refractivity contribution in [3.05, 3.63) is 35.4 Å². The summed E-state index contributed by atoms with van der Waals surface area (Å²) in [6, 6.07) is 6.15. The van der Waals surface area contributed by atoms with Crippen molar-refractivity contribution in [2.75, 3.05) is 6.61 Å². The van der Waals surface area contributed by atoms with E-state index < -0.39 is 24.5 Å². The first-order chi connectivity index (χ1) is 9.31. The van der Waals surface area contributed by atoms with Crippen molar-refractivity contribution >= 4 is 5.91 Å². The van der Waals surface area contributed by atoms with Crippen molar-refractivity contribution in [1.82, 2.24) is 5.32 Å². The van der Waals surface area contributed by atoms with Crippen molar-refractivity contribution in [3.63, 3.8) is 0 Å². The molecule has 1 unspecified atom stereocenters. The summed E-state index contributed by atoms with van der Waals surface area (Å²) in [5.74, 6) is 4.12. The van der Waals surface area contributed by atoms with Gasteiger partial charge in [0.05, 0.1) is 6.04 Å². The van der Waals surface area contributed by atoms with E-state index in [2.05, 4.69) is 17.2 Å². The Morgan fingerprint density at radius 1 is 1.35 bits per heavy atom. The summed E-state index contributed by atoms with van der Waals surface area (Å²) in [6.45, 7) is 1.36. The summed E-state index contributed by atoms with van der Waals surface area (Å²) >= 11 is 0. The molecule has 1 rings (SSSR count). The third-order valence-corrected chi connectivity index (χ3v) is 2.46. The monoisotopic (exact) mass is 285 g/mol. The minimum atomic E-state index is -4.51. The molecule has 2 N–H and O–H groups in total. The van der Waals surface area contributed by atoms with Crippen LogP contribution >= 0.6 is 0 Å². The minimum absolute atomic E-state index is 0.244. The van der Waals surface area contributed by atoms with Gasteiger partial charge in [-0.25, -0.2) is 0 Å². The van der Waals surface area contributed by atoms with Crippen molar-refractivity contribution < 1.29 is 23.1 Å². The van der Waals surface area contributed by atoms with Crippen LogP contribution in [0.4, 0.5) is 13.2 Å². The zero-order valence-corrected chi connectivity index (χ0v) is 10.8. The van der Waals surface area contributed by atoms with Crippen molar-refractivity contribution in [3.8, 4) is 11.8 Å². The van der Waals surface area contributed by atoms with Gasteiger partial charge in [0.15, 0.2) is 0 Å². The van der Waals surface area contributed by atoms with Crippen molar-refractivity contribution in [1.29, 1.82) is 0 Å². The van der Waals surface area contributed by atoms with Gasteiger partial charge in [-0.15, -0.1) is 0 Å². The maximum Gasteiger partial charge on any atom is 0.397 e. The lowest BCUT2D eigenvalue weighted by atomic mass is 10.1. The van der Waals surface area contributed by atoms with Gasteiger partial charge in [0, 0.05) is 5.56 Å². The molecule has 3 nitrogen and oxygen atoms in total. The molecule has 0 fully saturated rings. The summed E-state index contributed by atoms with van der Waals surface area (Å²) in [4.78, 5) is 11.2. The van der Waals surface area contributed by atoms with Gasteiger partial charge in [-0.1, -0.05) is 24.0 Å². The van der Waals surface area contributed by atoms with Gasteiger partial charge in [-0.05, 0) is 24.6 Å². The molecule has 6 heteroatoms. The first kappa shape index (κ1) is 16.1. The third-order valence-electron chi connectivity index (χ3n) is 2.46. The van der Waals surface area contributed by atoms with Crippen LogP contribution in [0.25, 0.3) is 0 Å². The highest BCUT2D eigenvalue weighted by atomic mass is 19.4. The second kappa shape index (κ2) is 6.96. The fourth-order valence-corrected chi connectivity index (χ4v) is 1.55. The Balaban J connectivity index is 2.64. The van der Waals surface area contributed by atoms with Gasteiger partial charge in [0.2, 0.25) is 5.91 Å². The van der Waals surface area contributed by atoms with E-state index in [9.17, 15) is 18.0 Å². The summed E-state index contributed by atoms with van der Waals surface area (Å²) < 4.78 is 36.1. The molecule has 0 saturated carbocycles. The molecule has 0 aromatic heterocycles. The molecular formula is C14H14F3NO2. The first-order valence-electron chi connectivity index (χ1n) is 5.87. The Bertz CT molecular complexity index is 512. The fraction of sp³-hybridized carbons (Fsp3) is 0.357. The number of hydrogen-bond donors (Lipinski definition) is 2. The number of alkyl halides is 3. The maximum absolute atomic E-state index is 12.0. The number of rotatable bonds is 3. The zero-order valence-electron chi connectivity index (χ0n) is 10.8. The molecular weight excluding hydrogens is 271 g/mol. The molecule has 0 saturated heterocycles. The molecule has 20 heavy (non-hydrogen) atoms. The molecule has 1 aromatic rings. The third kappa shape index (κ3) is 5.76. The topological polar surface area (TPSA) is 49.3 Å². The summed E-state index contributed by atoms with van der Waals surface area (Å²) in [5, 5.41) is 10.8. The summed E-state index contributed by atoms with van der Waals surface area (Å²) in [6.07, 6.45) is -6.00. The van der Waals surface area contributed by atoms with Crippen LogP contribution in [0.2, 0.25) is 0 Å². The Labute approximate surface area is 114 Å². The van der Waals surface area contributed by atoms with E-state index in [1.807, 2.05) is 0 Å². The van der Waals surface area contributed by atoms with E-state index in [0.29, 0.717) is 11.1 Å². The average molecular weight is 285 g/mol. The number of hydrogen-bond acceptors (Lipinski definition) is 2. The fourth-order valence-electron chi connectivity index (χ4n) is 1.55. The Kier molecular flexibility index (Phi) is 5.59. The van der Waals surface area contributed by atoms with E-state index >= 15 is 0 Å². The predicted octanol–water partition coefficient (Wildman–Crippen LogP) is 2.16. The Hall–Kier alpha value is -2.00. The molecule has 1 amide bonds. The van der Waals surface area contributed by atoms with Gasteiger partial charge in [-0.3, -0.25) is 4.79 Å². The largest absolute Gasteiger partial charge is 0.397 e. The number of amides is 1. The number of aliphatic hydroxyl groups is 1. The van der Waals surface area contributed by atoms with Gasteiger partial charge in [-0.2, -0.15) is 13.2 Å². The quantitative estimate of drug-likeness (QED) is 0.836. The highest BCUT2D eigenvalue weighted by Crippen LogP contribution is 2.20. The molecule has 0 heterocycles. The van der Waals surface area contributed by atoms with E-state index in [-0.39, 0.29) is 6.61 Å². The van der Waals surface area contributed by atoms with E-state index in [1.54, 1.807) is 31.2 Å². The molecule has 1 aromatic carbocycles. The molecule has 0 radical (unpaired) electrons. The van der Waals surface area contributed by atoms with Crippen LogP contribution in [-0.2, 0) is 4.79 Å². The average Bonchev–Trinajstić information content (AvgIpc) is 2.34. The molecule has 0 bridgehead atoms. The van der Waals surface area contributed by atoms with E-state index in [0.717, 1.165) is 0 Å². The van der Waals surface area contributed by atoms with Crippen LogP contribution in [0.5, 0.6) is 0 Å². The lowest BCUT2D eigenvalue weighted by Gasteiger charge is -2.15. The second-order valence-corrected chi connectivity index (χ2v) is 4.16. The van der Waals surface area contributed by atoms with Crippen molar-refractivity contribution in [2.24, 2.45) is 0 Å². The SMILES string of the molecule is CC(NC(=O)CC(F)(F)F)c1ccc(C#CCO)cc1. The van der Waals surface area contributed by atoms with Crippen molar-refractivity contribution in [2.45, 2.75) is 25.6 Å². The van der Waals surface area contributed by atoms with Gasteiger partial charge >= 0.3 is 6.18 Å². The molecule has 108 valence electrons. The molecule has 0 aliphatic carbocycles. The van der Waals surface area contributed by atoms with E-state index in [1.165, 1.54) is 0 Å². The lowest BCUT2D eigenvalue weighted by molar-refractivity contribution is -0.154. The number of halogens is 3. The molecule has 0 aliphatic heterocycles. The standard InChI is InChI=1S/C14H14F3NO2/c1-10(18-13(20)9-14(15,16)17)12-6-4-11(5-7-12)3-2-8-19/h4-7,10,19H,8-9H2,1H3,(H,18,20). The number of carbonyl (C=O) groups is 1. The van der Waals surface area contributed by atoms with Gasteiger partial charge in [0.1, 0.15) is 13.0 Å². The number of nitrogens with one attached hydrogen (secondary N) is 1. The Morgan fingerprint density at radius 3 is 2.45 bits per heavy atom. The molecule has 1 atom stereocenters. The van der Waals surface area contributed by atoms with Crippen LogP contribution in [-0.4, -0.2) is 23.8 Å². The zero-order chi connectivity index (χ0) is 15.2. The number of aliphatic hydroxyl groups excluding tert-OH is 1. The molecule has 0 spiro atoms. The van der Waals surface area contributed by atoms with Crippen LogP contribution < -0.4 is 5.32 Å². The van der Waals surface area contributed by atoms with E-state index in [4.69, 9.17) is 5.11 Å². The normalized spacial score (nSPS) is 12.2.